The van der Waals surface area contributed by atoms with Gasteiger partial charge >= 0.3 is 0 Å². The number of ketones is 2. The average molecular weight is 522 g/mol. The lowest BCUT2D eigenvalue weighted by Crippen LogP contribution is -2.65. The number of aromatic nitrogens is 1. The van der Waals surface area contributed by atoms with Crippen LogP contribution in [0, 0.1) is 11.8 Å². The zero-order valence-electron chi connectivity index (χ0n) is 20.9. The number of rotatable bonds is 4. The summed E-state index contributed by atoms with van der Waals surface area (Å²) in [5, 5.41) is 44.6. The second-order valence-electron chi connectivity index (χ2n) is 10.1. The number of pyridine rings is 1. The fourth-order valence-electron chi connectivity index (χ4n) is 6.19. The number of ether oxygens (including phenoxy) is 1. The standard InChI is InChI=1S/C27H27N3O8/c1-30(2)21-16-8-11-7-15-14(12-6-13(38-3)10-29-9-12)4-5-17(31)19(15)22(32)18(11)24(34)27(16,37)25(35)20(23(21)33)26(28)36/h4-6,9-11,16,21,31-32,35,37H,7-8H2,1-3H3,(H2,28,36)/t11-,16-,21?,27-/m0/s1. The lowest BCUT2D eigenvalue weighted by atomic mass is 9.57. The number of primary amides is 1. The molecule has 2 aromatic rings. The molecule has 0 radical (unpaired) electrons. The Morgan fingerprint density at radius 3 is 2.53 bits per heavy atom. The van der Waals surface area contributed by atoms with Gasteiger partial charge in [0.15, 0.2) is 11.4 Å². The highest BCUT2D eigenvalue weighted by Crippen LogP contribution is 2.53. The molecule has 5 rings (SSSR count). The molecule has 3 aliphatic rings. The minimum Gasteiger partial charge on any atom is -0.508 e. The summed E-state index contributed by atoms with van der Waals surface area (Å²) in [6.07, 6.45) is 3.33. The van der Waals surface area contributed by atoms with Gasteiger partial charge in [-0.15, -0.1) is 0 Å². The van der Waals surface area contributed by atoms with Crippen molar-refractivity contribution in [2.75, 3.05) is 21.2 Å². The number of carbonyl (C=O) groups is 3. The minimum absolute atomic E-state index is 0.0111. The number of nitrogens with two attached hydrogens (primary N) is 1. The topological polar surface area (TPSA) is 184 Å². The first-order chi connectivity index (χ1) is 17.9. The molecule has 1 amide bonds. The molecule has 198 valence electrons. The zero-order valence-corrected chi connectivity index (χ0v) is 20.9. The van der Waals surface area contributed by atoms with Gasteiger partial charge in [0, 0.05) is 23.3 Å². The van der Waals surface area contributed by atoms with E-state index in [1.165, 1.54) is 24.3 Å². The third-order valence-corrected chi connectivity index (χ3v) is 7.86. The molecular weight excluding hydrogens is 494 g/mol. The van der Waals surface area contributed by atoms with Gasteiger partial charge in [0.05, 0.1) is 24.9 Å². The second kappa shape index (κ2) is 8.67. The monoisotopic (exact) mass is 521 g/mol. The van der Waals surface area contributed by atoms with E-state index in [9.17, 15) is 34.8 Å². The number of aliphatic hydroxyl groups excluding tert-OH is 2. The van der Waals surface area contributed by atoms with Crippen LogP contribution in [0.25, 0.3) is 16.9 Å². The van der Waals surface area contributed by atoms with Crippen LogP contribution < -0.4 is 10.5 Å². The molecule has 38 heavy (non-hydrogen) atoms. The van der Waals surface area contributed by atoms with E-state index in [0.717, 1.165) is 0 Å². The van der Waals surface area contributed by atoms with Crippen LogP contribution in [-0.2, 0) is 20.8 Å². The molecular formula is C27H27N3O8. The minimum atomic E-state index is -2.67. The lowest BCUT2D eigenvalue weighted by Gasteiger charge is -2.50. The first-order valence-corrected chi connectivity index (χ1v) is 11.9. The summed E-state index contributed by atoms with van der Waals surface area (Å²) in [5.41, 5.74) is 3.49. The van der Waals surface area contributed by atoms with E-state index in [0.29, 0.717) is 22.4 Å². The molecule has 6 N–H and O–H groups in total. The highest BCUT2D eigenvalue weighted by Gasteiger charge is 2.64. The Morgan fingerprint density at radius 2 is 1.89 bits per heavy atom. The van der Waals surface area contributed by atoms with Crippen LogP contribution in [0.2, 0.25) is 0 Å². The third kappa shape index (κ3) is 3.35. The van der Waals surface area contributed by atoms with Gasteiger partial charge in [-0.25, -0.2) is 0 Å². The summed E-state index contributed by atoms with van der Waals surface area (Å²) in [4.78, 5) is 44.8. The van der Waals surface area contributed by atoms with Crippen molar-refractivity contribution in [1.82, 2.24) is 9.88 Å². The molecule has 1 saturated carbocycles. The van der Waals surface area contributed by atoms with E-state index in [1.54, 1.807) is 32.4 Å². The van der Waals surface area contributed by atoms with Crippen LogP contribution in [0.1, 0.15) is 17.5 Å². The third-order valence-electron chi connectivity index (χ3n) is 7.86. The molecule has 11 heteroatoms. The predicted molar refractivity (Wildman–Crippen MR) is 134 cm³/mol. The number of likely N-dealkylation sites (N-methyl/N-ethyl adjacent to an activating group) is 1. The van der Waals surface area contributed by atoms with Gasteiger partial charge in [0.1, 0.15) is 28.6 Å². The SMILES string of the molecule is COc1cncc(-c2ccc(O)c3c2C[C@H]2C[C@H]4C(N(C)C)C(=O)C(C(N)=O)=C(O)[C@@]4(O)C(=O)C2=C3O)c1. The number of phenols is 1. The van der Waals surface area contributed by atoms with Crippen molar-refractivity contribution in [3.63, 3.8) is 0 Å². The van der Waals surface area contributed by atoms with Crippen LogP contribution in [0.15, 0.2) is 47.5 Å². The van der Waals surface area contributed by atoms with Crippen LogP contribution in [0.5, 0.6) is 11.5 Å². The van der Waals surface area contributed by atoms with Gasteiger partial charge in [0.2, 0.25) is 5.78 Å². The summed E-state index contributed by atoms with van der Waals surface area (Å²) in [5.74, 6) is -6.37. The highest BCUT2D eigenvalue weighted by atomic mass is 16.5. The Kier molecular flexibility index (Phi) is 5.80. The summed E-state index contributed by atoms with van der Waals surface area (Å²) < 4.78 is 5.27. The highest BCUT2D eigenvalue weighted by molar-refractivity contribution is 6.24. The molecule has 1 aromatic carbocycles. The number of hydrogen-bond donors (Lipinski definition) is 5. The number of hydrogen-bond acceptors (Lipinski definition) is 10. The Labute approximate surface area is 217 Å². The predicted octanol–water partition coefficient (Wildman–Crippen LogP) is 1.03. The van der Waals surface area contributed by atoms with Crippen LogP contribution >= 0.6 is 0 Å². The van der Waals surface area contributed by atoms with Crippen molar-refractivity contribution in [3.8, 4) is 22.6 Å². The summed E-state index contributed by atoms with van der Waals surface area (Å²) >= 11 is 0. The maximum atomic E-state index is 13.9. The molecule has 0 aliphatic heterocycles. The smallest absolute Gasteiger partial charge is 0.255 e. The molecule has 1 unspecified atom stereocenters. The van der Waals surface area contributed by atoms with E-state index in [4.69, 9.17) is 10.5 Å². The number of nitrogens with zero attached hydrogens (tertiary/aromatic N) is 2. The molecule has 1 heterocycles. The Balaban J connectivity index is 1.73. The van der Waals surface area contributed by atoms with E-state index < -0.39 is 58.0 Å². The van der Waals surface area contributed by atoms with E-state index >= 15 is 0 Å². The molecule has 0 saturated heterocycles. The van der Waals surface area contributed by atoms with Crippen molar-refractivity contribution in [3.05, 3.63) is 58.6 Å². The largest absolute Gasteiger partial charge is 0.508 e. The summed E-state index contributed by atoms with van der Waals surface area (Å²) in [7, 11) is 4.61. The molecule has 3 aliphatic carbocycles. The van der Waals surface area contributed by atoms with Crippen molar-refractivity contribution in [2.45, 2.75) is 24.5 Å². The number of methoxy groups -OCH3 is 1. The van der Waals surface area contributed by atoms with E-state index in [1.807, 2.05) is 0 Å². The van der Waals surface area contributed by atoms with Crippen LogP contribution in [-0.4, -0.2) is 80.6 Å². The van der Waals surface area contributed by atoms with E-state index in [2.05, 4.69) is 4.98 Å². The molecule has 1 fully saturated rings. The number of aliphatic hydroxyl groups is 3. The van der Waals surface area contributed by atoms with Gasteiger partial charge in [-0.3, -0.25) is 24.3 Å². The van der Waals surface area contributed by atoms with Gasteiger partial charge in [0.25, 0.3) is 5.91 Å². The molecule has 0 spiro atoms. The second-order valence-corrected chi connectivity index (χ2v) is 10.1. The molecule has 0 bridgehead atoms. The van der Waals surface area contributed by atoms with Crippen molar-refractivity contribution < 1.29 is 39.5 Å². The molecule has 4 atom stereocenters. The zero-order chi connectivity index (χ0) is 27.7. The number of benzene rings is 1. The molecule has 11 nitrogen and oxygen atoms in total. The van der Waals surface area contributed by atoms with E-state index in [-0.39, 0.29) is 29.7 Å². The number of carbonyl (C=O) groups excluding carboxylic acids is 3. The quantitative estimate of drug-likeness (QED) is 0.364. The van der Waals surface area contributed by atoms with Crippen molar-refractivity contribution in [1.29, 1.82) is 0 Å². The van der Waals surface area contributed by atoms with Crippen molar-refractivity contribution in [2.24, 2.45) is 17.6 Å². The van der Waals surface area contributed by atoms with Gasteiger partial charge in [-0.1, -0.05) is 6.07 Å². The fourth-order valence-corrected chi connectivity index (χ4v) is 6.19. The summed E-state index contributed by atoms with van der Waals surface area (Å²) in [6, 6.07) is 3.65. The number of fused-ring (bicyclic) bond motifs is 3. The van der Waals surface area contributed by atoms with Gasteiger partial charge in [-0.05, 0) is 56.1 Å². The molecule has 1 aromatic heterocycles. The van der Waals surface area contributed by atoms with Crippen LogP contribution in [0.4, 0.5) is 0 Å². The maximum Gasteiger partial charge on any atom is 0.255 e. The normalized spacial score (nSPS) is 26.7. The lowest BCUT2D eigenvalue weighted by molar-refractivity contribution is -0.153. The van der Waals surface area contributed by atoms with Crippen molar-refractivity contribution >= 4 is 23.2 Å². The first-order valence-electron chi connectivity index (χ1n) is 11.9. The van der Waals surface area contributed by atoms with Gasteiger partial charge in [-0.2, -0.15) is 0 Å². The van der Waals surface area contributed by atoms with Crippen LogP contribution in [0.3, 0.4) is 0 Å². The number of phenolic OH excluding ortho intramolecular Hbond substituents is 1. The Hall–Kier alpha value is -4.22. The summed E-state index contributed by atoms with van der Waals surface area (Å²) in [6.45, 7) is 0. The Bertz CT molecular complexity index is 1480. The number of Topliss-reactive ketones (excluding diaryl/α,β-unsaturated/α-hetero) is 2. The fraction of sp³-hybridized carbons (Fsp3) is 0.333. The maximum absolute atomic E-state index is 13.9. The Morgan fingerprint density at radius 1 is 1.18 bits per heavy atom. The average Bonchev–Trinajstić information content (AvgIpc) is 2.86. The first kappa shape index (κ1) is 25.4. The number of aromatic hydroxyl groups is 1. The number of amides is 1. The van der Waals surface area contributed by atoms with Gasteiger partial charge < -0.3 is 30.9 Å².